The Morgan fingerprint density at radius 1 is 1.27 bits per heavy atom. The first kappa shape index (κ1) is 9.27. The topological polar surface area (TPSA) is 3.24 Å². The van der Waals surface area contributed by atoms with E-state index in [2.05, 4.69) is 25.3 Å². The van der Waals surface area contributed by atoms with Gasteiger partial charge in [0.1, 0.15) is 8.96 Å². The maximum absolute atomic E-state index is 2.77. The van der Waals surface area contributed by atoms with Gasteiger partial charge in [0.25, 0.3) is 0 Å². The van der Waals surface area contributed by atoms with E-state index in [0.29, 0.717) is 0 Å². The van der Waals surface area contributed by atoms with E-state index < -0.39 is 8.96 Å². The van der Waals surface area contributed by atoms with Crippen molar-refractivity contribution >= 4 is 8.96 Å². The quantitative estimate of drug-likeness (QED) is 0.589. The van der Waals surface area contributed by atoms with Crippen LogP contribution in [0, 0.1) is 0 Å². The fraction of sp³-hybridized carbons (Fsp3) is 1.00. The van der Waals surface area contributed by atoms with Crippen LogP contribution in [0.1, 0.15) is 33.6 Å². The van der Waals surface area contributed by atoms with Crippen molar-refractivity contribution in [1.29, 1.82) is 0 Å². The fourth-order valence-corrected chi connectivity index (χ4v) is 6.11. The van der Waals surface area contributed by atoms with Gasteiger partial charge in [-0.2, -0.15) is 0 Å². The molecule has 2 heteroatoms. The highest BCUT2D eigenvalue weighted by molar-refractivity contribution is 6.56. The van der Waals surface area contributed by atoms with Crippen LogP contribution < -0.4 is 0 Å². The Bertz CT molecular complexity index is 108. The summed E-state index contributed by atoms with van der Waals surface area (Å²) in [4.78, 5) is 0. The molecule has 1 rings (SSSR count). The normalized spacial score (nSPS) is 20.5. The second-order valence-corrected chi connectivity index (χ2v) is 6.99. The van der Waals surface area contributed by atoms with Crippen molar-refractivity contribution < 1.29 is 0 Å². The molecule has 0 aliphatic carbocycles. The van der Waals surface area contributed by atoms with Crippen LogP contribution in [0.25, 0.3) is 0 Å². The zero-order valence-corrected chi connectivity index (χ0v) is 9.29. The van der Waals surface area contributed by atoms with Gasteiger partial charge in [0.2, 0.25) is 0 Å². The summed E-state index contributed by atoms with van der Waals surface area (Å²) in [5, 5.41) is 0. The smallest absolute Gasteiger partial charge is 0.112 e. The molecule has 0 N–H and O–H groups in total. The van der Waals surface area contributed by atoms with Crippen molar-refractivity contribution in [1.82, 2.24) is 4.57 Å². The van der Waals surface area contributed by atoms with E-state index in [1.165, 1.54) is 19.4 Å². The number of rotatable bonds is 3. The lowest BCUT2D eigenvalue weighted by Crippen LogP contribution is -2.41. The Kier molecular flexibility index (Phi) is 3.59. The lowest BCUT2D eigenvalue weighted by atomic mass is 10.4. The van der Waals surface area contributed by atoms with Crippen molar-refractivity contribution in [2.24, 2.45) is 0 Å². The third-order valence-electron chi connectivity index (χ3n) is 2.82. The van der Waals surface area contributed by atoms with Crippen molar-refractivity contribution in [3.05, 3.63) is 0 Å². The van der Waals surface area contributed by atoms with Gasteiger partial charge in [-0.25, -0.2) is 0 Å². The third kappa shape index (κ3) is 2.31. The lowest BCUT2D eigenvalue weighted by molar-refractivity contribution is 0.379. The van der Waals surface area contributed by atoms with Crippen molar-refractivity contribution in [2.45, 2.75) is 51.7 Å². The summed E-state index contributed by atoms with van der Waals surface area (Å²) in [6.07, 6.45) is 3.03. The first-order valence-corrected chi connectivity index (χ1v) is 7.16. The van der Waals surface area contributed by atoms with Crippen LogP contribution in [-0.2, 0) is 0 Å². The second-order valence-electron chi connectivity index (χ2n) is 3.86. The molecule has 0 atom stereocenters. The van der Waals surface area contributed by atoms with Crippen LogP contribution in [0.2, 0.25) is 12.1 Å². The largest absolute Gasteiger partial charge is 0.324 e. The summed E-state index contributed by atoms with van der Waals surface area (Å²) in [5.41, 5.74) is 0. The summed E-state index contributed by atoms with van der Waals surface area (Å²) in [6, 6.07) is 3.95. The molecule has 1 aliphatic rings. The molecule has 66 valence electrons. The summed E-state index contributed by atoms with van der Waals surface area (Å²) >= 11 is 0. The zero-order valence-electron chi connectivity index (χ0n) is 8.14. The highest BCUT2D eigenvalue weighted by atomic mass is 28.3. The van der Waals surface area contributed by atoms with Gasteiger partial charge < -0.3 is 4.57 Å². The minimum absolute atomic E-state index is 0.421. The first-order chi connectivity index (χ1) is 5.25. The zero-order chi connectivity index (χ0) is 8.27. The van der Waals surface area contributed by atoms with E-state index in [0.717, 1.165) is 6.04 Å². The molecule has 1 nitrogen and oxygen atoms in total. The van der Waals surface area contributed by atoms with Gasteiger partial charge in [0, 0.05) is 0 Å². The minimum atomic E-state index is -0.421. The van der Waals surface area contributed by atoms with Crippen molar-refractivity contribution in [3.8, 4) is 0 Å². The number of hydrogen-bond donors (Lipinski definition) is 0. The molecule has 0 saturated carbocycles. The Labute approximate surface area is 72.5 Å². The monoisotopic (exact) mass is 171 g/mol. The molecule has 0 aromatic carbocycles. The first-order valence-electron chi connectivity index (χ1n) is 5.01. The summed E-state index contributed by atoms with van der Waals surface area (Å²) < 4.78 is 2.77. The highest BCUT2D eigenvalue weighted by Gasteiger charge is 2.24. The van der Waals surface area contributed by atoms with E-state index >= 15 is 0 Å². The van der Waals surface area contributed by atoms with Crippen molar-refractivity contribution in [3.63, 3.8) is 0 Å². The standard InChI is InChI=1S/C9H21NSi/c1-4-10(9(2)3)11-7-5-6-8-11/h9,11H,4-8H2,1-3H3. The Morgan fingerprint density at radius 2 is 1.82 bits per heavy atom. The molecule has 1 fully saturated rings. The summed E-state index contributed by atoms with van der Waals surface area (Å²) in [7, 11) is -0.421. The average molecular weight is 171 g/mol. The van der Waals surface area contributed by atoms with E-state index in [9.17, 15) is 0 Å². The molecule has 11 heavy (non-hydrogen) atoms. The molecule has 0 amide bonds. The SMILES string of the molecule is CCN(C(C)C)[SiH]1CCCC1. The minimum Gasteiger partial charge on any atom is -0.324 e. The van der Waals surface area contributed by atoms with Crippen molar-refractivity contribution in [2.75, 3.05) is 6.54 Å². The molecule has 1 heterocycles. The number of nitrogens with zero attached hydrogens (tertiary/aromatic N) is 1. The van der Waals surface area contributed by atoms with E-state index in [-0.39, 0.29) is 0 Å². The lowest BCUT2D eigenvalue weighted by Gasteiger charge is -2.30. The molecule has 0 unspecified atom stereocenters. The molecular formula is C9H21NSi. The molecule has 0 aromatic rings. The Balaban J connectivity index is 2.40. The Hall–Kier alpha value is 0.177. The average Bonchev–Trinajstić information content (AvgIpc) is 2.40. The second kappa shape index (κ2) is 4.26. The highest BCUT2D eigenvalue weighted by Crippen LogP contribution is 2.23. The molecule has 0 aromatic heterocycles. The van der Waals surface area contributed by atoms with Gasteiger partial charge >= 0.3 is 0 Å². The predicted octanol–water partition coefficient (Wildman–Crippen LogP) is 2.23. The van der Waals surface area contributed by atoms with E-state index in [1.54, 1.807) is 12.1 Å². The molecule has 0 radical (unpaired) electrons. The molecular weight excluding hydrogens is 150 g/mol. The molecule has 1 aliphatic heterocycles. The maximum atomic E-state index is 2.77. The Morgan fingerprint density at radius 3 is 2.18 bits per heavy atom. The van der Waals surface area contributed by atoms with Gasteiger partial charge in [-0.1, -0.05) is 33.6 Å². The summed E-state index contributed by atoms with van der Waals surface area (Å²) in [5.74, 6) is 0. The van der Waals surface area contributed by atoms with Crippen LogP contribution in [0.3, 0.4) is 0 Å². The summed E-state index contributed by atoms with van der Waals surface area (Å²) in [6.45, 7) is 8.28. The molecule has 0 spiro atoms. The van der Waals surface area contributed by atoms with Crippen LogP contribution in [0.5, 0.6) is 0 Å². The predicted molar refractivity (Wildman–Crippen MR) is 53.5 cm³/mol. The number of hydrogen-bond acceptors (Lipinski definition) is 1. The van der Waals surface area contributed by atoms with Crippen LogP contribution in [-0.4, -0.2) is 26.1 Å². The van der Waals surface area contributed by atoms with Gasteiger partial charge in [-0.3, -0.25) is 0 Å². The third-order valence-corrected chi connectivity index (χ3v) is 6.87. The maximum Gasteiger partial charge on any atom is 0.112 e. The van der Waals surface area contributed by atoms with E-state index in [4.69, 9.17) is 0 Å². The van der Waals surface area contributed by atoms with E-state index in [1.807, 2.05) is 0 Å². The van der Waals surface area contributed by atoms with Gasteiger partial charge in [0.15, 0.2) is 0 Å². The van der Waals surface area contributed by atoms with Crippen LogP contribution >= 0.6 is 0 Å². The molecule has 0 bridgehead atoms. The van der Waals surface area contributed by atoms with Crippen LogP contribution in [0.4, 0.5) is 0 Å². The van der Waals surface area contributed by atoms with Gasteiger partial charge in [-0.05, 0) is 24.7 Å². The van der Waals surface area contributed by atoms with Gasteiger partial charge in [0.05, 0.1) is 0 Å². The van der Waals surface area contributed by atoms with Crippen LogP contribution in [0.15, 0.2) is 0 Å². The van der Waals surface area contributed by atoms with Gasteiger partial charge in [-0.15, -0.1) is 0 Å². The molecule has 1 saturated heterocycles. The fourth-order valence-electron chi connectivity index (χ4n) is 2.28.